The average Bonchev–Trinajstić information content (AvgIpc) is 3.08. The third kappa shape index (κ3) is 5.20. The molecule has 3 rings (SSSR count). The van der Waals surface area contributed by atoms with E-state index in [0.29, 0.717) is 23.8 Å². The van der Waals surface area contributed by atoms with Gasteiger partial charge in [-0.3, -0.25) is 4.31 Å². The van der Waals surface area contributed by atoms with Crippen molar-refractivity contribution in [2.24, 2.45) is 7.05 Å². The second kappa shape index (κ2) is 9.40. The molecule has 1 heterocycles. The maximum absolute atomic E-state index is 14.7. The van der Waals surface area contributed by atoms with Gasteiger partial charge in [-0.15, -0.1) is 10.2 Å². The van der Waals surface area contributed by atoms with Crippen molar-refractivity contribution in [3.05, 3.63) is 59.1 Å². The van der Waals surface area contributed by atoms with Crippen molar-refractivity contribution in [1.82, 2.24) is 20.1 Å². The maximum Gasteiger partial charge on any atom is 0.264 e. The Labute approximate surface area is 199 Å². The van der Waals surface area contributed by atoms with Crippen molar-refractivity contribution >= 4 is 27.3 Å². The molecule has 1 aromatic heterocycles. The molecule has 0 aliphatic rings. The fourth-order valence-electron chi connectivity index (χ4n) is 3.48. The number of hydrogen-bond acceptors (Lipinski definition) is 5. The van der Waals surface area contributed by atoms with Crippen molar-refractivity contribution in [2.75, 3.05) is 4.31 Å². The van der Waals surface area contributed by atoms with Crippen LogP contribution in [0.25, 0.3) is 11.4 Å². The third-order valence-electron chi connectivity index (χ3n) is 5.02. The second-order valence-corrected chi connectivity index (χ2v) is 11.3. The van der Waals surface area contributed by atoms with Crippen molar-refractivity contribution in [1.29, 1.82) is 0 Å². The summed E-state index contributed by atoms with van der Waals surface area (Å²) in [5.41, 5.74) is -0.432. The predicted octanol–water partition coefficient (Wildman–Crippen LogP) is 4.77. The molecule has 0 radical (unpaired) electrons. The number of sulfonamides is 1. The molecular weight excluding hydrogens is 465 g/mol. The summed E-state index contributed by atoms with van der Waals surface area (Å²) in [6.45, 7) is 9.75. The molecule has 178 valence electrons. The Morgan fingerprint density at radius 1 is 1.15 bits per heavy atom. The molecule has 0 amide bonds. The fraction of sp³-hybridized carbons (Fsp3) is 0.391. The van der Waals surface area contributed by atoms with Crippen LogP contribution in [0, 0.1) is 5.82 Å². The Balaban J connectivity index is 2.25. The molecule has 0 saturated heterocycles. The van der Waals surface area contributed by atoms with E-state index >= 15 is 0 Å². The van der Waals surface area contributed by atoms with Gasteiger partial charge in [0.05, 0.1) is 22.2 Å². The smallest absolute Gasteiger partial charge is 0.264 e. The van der Waals surface area contributed by atoms with Gasteiger partial charge in [0, 0.05) is 30.3 Å². The van der Waals surface area contributed by atoms with Crippen molar-refractivity contribution < 1.29 is 12.8 Å². The summed E-state index contributed by atoms with van der Waals surface area (Å²) in [5.74, 6) is 0.306. The lowest BCUT2D eigenvalue weighted by Crippen LogP contribution is -2.46. The molecule has 7 nitrogen and oxygen atoms in total. The molecule has 0 atom stereocenters. The molecular formula is C23H29ClFN5O2S. The largest absolute Gasteiger partial charge is 0.313 e. The molecule has 0 saturated carbocycles. The van der Waals surface area contributed by atoms with E-state index in [1.807, 2.05) is 13.8 Å². The predicted molar refractivity (Wildman–Crippen MR) is 129 cm³/mol. The number of benzene rings is 2. The van der Waals surface area contributed by atoms with E-state index in [-0.39, 0.29) is 21.6 Å². The first kappa shape index (κ1) is 25.1. The number of aromatic nitrogens is 3. The molecule has 3 aromatic rings. The zero-order chi connectivity index (χ0) is 24.6. The van der Waals surface area contributed by atoms with Gasteiger partial charge in [0.25, 0.3) is 10.0 Å². The first-order valence-electron chi connectivity index (χ1n) is 10.6. The van der Waals surface area contributed by atoms with Crippen LogP contribution in [0.4, 0.5) is 10.1 Å². The van der Waals surface area contributed by atoms with Gasteiger partial charge in [0.2, 0.25) is 0 Å². The highest BCUT2D eigenvalue weighted by atomic mass is 35.5. The Morgan fingerprint density at radius 2 is 1.79 bits per heavy atom. The first-order chi connectivity index (χ1) is 15.3. The SMILES string of the molecule is CC(C)NCc1nnc(-c2cc(Cl)c(F)cc2N(C(C)(C)C)S(=O)(=O)c2ccccc2)n1C. The number of rotatable bonds is 7. The molecule has 2 aromatic carbocycles. The van der Waals surface area contributed by atoms with E-state index in [0.717, 1.165) is 6.07 Å². The second-order valence-electron chi connectivity index (χ2n) is 9.07. The molecule has 0 unspecified atom stereocenters. The van der Waals surface area contributed by atoms with Gasteiger partial charge in [-0.25, -0.2) is 12.8 Å². The standard InChI is InChI=1S/C23H29ClFN5O2S/c1-15(2)26-14-21-27-28-22(29(21)6)17-12-18(24)19(25)13-20(17)30(23(3,4)5)33(31,32)16-10-8-7-9-11-16/h7-13,15,26H,14H2,1-6H3. The summed E-state index contributed by atoms with van der Waals surface area (Å²) in [6.07, 6.45) is 0. The lowest BCUT2D eigenvalue weighted by molar-refractivity contribution is 0.534. The number of hydrogen-bond donors (Lipinski definition) is 1. The van der Waals surface area contributed by atoms with Crippen LogP contribution in [-0.2, 0) is 23.6 Å². The minimum absolute atomic E-state index is 0.0982. The van der Waals surface area contributed by atoms with Crippen LogP contribution in [0.15, 0.2) is 47.4 Å². The Kier molecular flexibility index (Phi) is 7.16. The van der Waals surface area contributed by atoms with Crippen LogP contribution < -0.4 is 9.62 Å². The van der Waals surface area contributed by atoms with Gasteiger partial charge in [0.15, 0.2) is 5.82 Å². The molecule has 0 bridgehead atoms. The van der Waals surface area contributed by atoms with Crippen LogP contribution >= 0.6 is 11.6 Å². The van der Waals surface area contributed by atoms with Crippen LogP contribution in [-0.4, -0.2) is 34.8 Å². The van der Waals surface area contributed by atoms with Crippen molar-refractivity contribution in [3.63, 3.8) is 0 Å². The molecule has 0 aliphatic carbocycles. The average molecular weight is 494 g/mol. The van der Waals surface area contributed by atoms with E-state index in [1.165, 1.54) is 22.5 Å². The number of nitrogens with one attached hydrogen (secondary N) is 1. The van der Waals surface area contributed by atoms with Gasteiger partial charge in [-0.2, -0.15) is 0 Å². The highest BCUT2D eigenvalue weighted by Gasteiger charge is 2.37. The summed E-state index contributed by atoms with van der Waals surface area (Å²) in [7, 11) is -2.27. The zero-order valence-electron chi connectivity index (χ0n) is 19.6. The normalized spacial score (nSPS) is 12.4. The van der Waals surface area contributed by atoms with E-state index < -0.39 is 21.4 Å². The van der Waals surface area contributed by atoms with Crippen LogP contribution in [0.1, 0.15) is 40.4 Å². The third-order valence-corrected chi connectivity index (χ3v) is 7.41. The molecule has 0 aliphatic heterocycles. The van der Waals surface area contributed by atoms with E-state index in [9.17, 15) is 12.8 Å². The number of halogens is 2. The lowest BCUT2D eigenvalue weighted by Gasteiger charge is -2.37. The summed E-state index contributed by atoms with van der Waals surface area (Å²) in [5, 5.41) is 11.7. The Bertz CT molecular complexity index is 1240. The number of anilines is 1. The van der Waals surface area contributed by atoms with Crippen molar-refractivity contribution in [2.45, 2.75) is 57.6 Å². The minimum atomic E-state index is -4.05. The lowest BCUT2D eigenvalue weighted by atomic mass is 10.1. The summed E-state index contributed by atoms with van der Waals surface area (Å²) < 4.78 is 45.2. The highest BCUT2D eigenvalue weighted by molar-refractivity contribution is 7.93. The van der Waals surface area contributed by atoms with Gasteiger partial charge in [0.1, 0.15) is 11.6 Å². The Hall–Kier alpha value is -2.49. The van der Waals surface area contributed by atoms with Gasteiger partial charge >= 0.3 is 0 Å². The monoisotopic (exact) mass is 493 g/mol. The van der Waals surface area contributed by atoms with E-state index in [1.54, 1.807) is 50.6 Å². The van der Waals surface area contributed by atoms with Crippen molar-refractivity contribution in [3.8, 4) is 11.4 Å². The molecule has 1 N–H and O–H groups in total. The van der Waals surface area contributed by atoms with E-state index in [2.05, 4.69) is 15.5 Å². The fourth-order valence-corrected chi connectivity index (χ4v) is 5.48. The van der Waals surface area contributed by atoms with Gasteiger partial charge < -0.3 is 9.88 Å². The van der Waals surface area contributed by atoms with Crippen LogP contribution in [0.5, 0.6) is 0 Å². The summed E-state index contributed by atoms with van der Waals surface area (Å²) in [6, 6.07) is 10.8. The van der Waals surface area contributed by atoms with Crippen LogP contribution in [0.3, 0.4) is 0 Å². The Morgan fingerprint density at radius 3 is 2.36 bits per heavy atom. The topological polar surface area (TPSA) is 80.1 Å². The zero-order valence-corrected chi connectivity index (χ0v) is 21.2. The molecule has 10 heteroatoms. The minimum Gasteiger partial charge on any atom is -0.313 e. The maximum atomic E-state index is 14.7. The van der Waals surface area contributed by atoms with Crippen LogP contribution in [0.2, 0.25) is 5.02 Å². The number of nitrogens with zero attached hydrogens (tertiary/aromatic N) is 4. The first-order valence-corrected chi connectivity index (χ1v) is 12.4. The summed E-state index contributed by atoms with van der Waals surface area (Å²) in [4.78, 5) is 0.0982. The van der Waals surface area contributed by atoms with E-state index in [4.69, 9.17) is 11.6 Å². The molecule has 0 spiro atoms. The summed E-state index contributed by atoms with van der Waals surface area (Å²) >= 11 is 6.14. The quantitative estimate of drug-likeness (QED) is 0.513. The molecule has 33 heavy (non-hydrogen) atoms. The van der Waals surface area contributed by atoms with Gasteiger partial charge in [-0.1, -0.05) is 43.6 Å². The highest BCUT2D eigenvalue weighted by Crippen LogP contribution is 2.40. The van der Waals surface area contributed by atoms with Gasteiger partial charge in [-0.05, 0) is 39.0 Å². The molecule has 0 fully saturated rings.